The van der Waals surface area contributed by atoms with Crippen molar-refractivity contribution in [1.29, 1.82) is 5.26 Å². The van der Waals surface area contributed by atoms with Gasteiger partial charge in [0.1, 0.15) is 11.8 Å². The zero-order valence-electron chi connectivity index (χ0n) is 21.6. The van der Waals surface area contributed by atoms with Crippen molar-refractivity contribution in [1.82, 2.24) is 15.8 Å². The van der Waals surface area contributed by atoms with Crippen molar-refractivity contribution < 1.29 is 27.5 Å². The van der Waals surface area contributed by atoms with Crippen molar-refractivity contribution in [3.8, 4) is 6.07 Å². The average molecular weight is 534 g/mol. The Labute approximate surface area is 217 Å². The van der Waals surface area contributed by atoms with E-state index in [2.05, 4.69) is 22.1 Å². The Morgan fingerprint density at radius 3 is 2.57 bits per heavy atom. The van der Waals surface area contributed by atoms with Gasteiger partial charge in [-0.3, -0.25) is 4.79 Å². The number of carbonyl (C=O) groups is 2. The molecule has 11 nitrogen and oxygen atoms in total. The second-order valence-electron chi connectivity index (χ2n) is 11.0. The van der Waals surface area contributed by atoms with Crippen LogP contribution in [0.3, 0.4) is 0 Å². The van der Waals surface area contributed by atoms with Gasteiger partial charge in [-0.15, -0.1) is 0 Å². The molecule has 3 aliphatic rings. The maximum absolute atomic E-state index is 13.0. The molecule has 0 saturated carbocycles. The van der Waals surface area contributed by atoms with Crippen LogP contribution in [0.1, 0.15) is 46.5 Å². The van der Waals surface area contributed by atoms with E-state index < -0.39 is 45.1 Å². The summed E-state index contributed by atoms with van der Waals surface area (Å²) in [6, 6.07) is 8.44. The summed E-state index contributed by atoms with van der Waals surface area (Å²) >= 11 is 0. The number of anilines is 1. The fourth-order valence-electron chi connectivity index (χ4n) is 5.32. The van der Waals surface area contributed by atoms with Crippen LogP contribution in [0.2, 0.25) is 0 Å². The minimum Gasteiger partial charge on any atom is -0.458 e. The van der Waals surface area contributed by atoms with Gasteiger partial charge in [0.25, 0.3) is 0 Å². The summed E-state index contributed by atoms with van der Waals surface area (Å²) in [7, 11) is -3.33. The van der Waals surface area contributed by atoms with Crippen molar-refractivity contribution in [2.45, 2.75) is 80.8 Å². The Bertz CT molecular complexity index is 1170. The minimum absolute atomic E-state index is 0.105. The summed E-state index contributed by atoms with van der Waals surface area (Å²) < 4.78 is 35.1. The molecule has 12 heteroatoms. The van der Waals surface area contributed by atoms with E-state index in [9.17, 15) is 23.3 Å². The number of benzene rings is 1. The molecule has 1 amide bonds. The number of carbonyl (C=O) groups excluding carboxylic acids is 2. The lowest BCUT2D eigenvalue weighted by Gasteiger charge is -2.47. The Balaban J connectivity index is 1.54. The lowest BCUT2D eigenvalue weighted by Crippen LogP contribution is -2.63. The number of hydrazine groups is 1. The third-order valence-corrected chi connectivity index (χ3v) is 8.17. The molecule has 0 aromatic heterocycles. The van der Waals surface area contributed by atoms with E-state index in [1.807, 2.05) is 5.01 Å². The fraction of sp³-hybridized carbons (Fsp3) is 0.640. The molecule has 3 N–H and O–H groups in total. The molecule has 3 fully saturated rings. The predicted molar refractivity (Wildman–Crippen MR) is 135 cm³/mol. The molecule has 3 heterocycles. The van der Waals surface area contributed by atoms with Gasteiger partial charge in [-0.1, -0.05) is 0 Å². The van der Waals surface area contributed by atoms with Gasteiger partial charge in [0, 0.05) is 24.5 Å². The Hall–Kier alpha value is -2.72. The van der Waals surface area contributed by atoms with Gasteiger partial charge in [0.15, 0.2) is 15.9 Å². The summed E-state index contributed by atoms with van der Waals surface area (Å²) in [6.45, 7) is 6.06. The van der Waals surface area contributed by atoms with Crippen LogP contribution in [0.15, 0.2) is 29.2 Å². The van der Waals surface area contributed by atoms with Crippen LogP contribution in [0.4, 0.5) is 5.69 Å². The van der Waals surface area contributed by atoms with Crippen LogP contribution in [0.5, 0.6) is 0 Å². The predicted octanol–water partition coefficient (Wildman–Crippen LogP) is 1.33. The second kappa shape index (κ2) is 10.2. The maximum atomic E-state index is 13.0. The molecule has 37 heavy (non-hydrogen) atoms. The molecule has 1 aromatic carbocycles. The number of ether oxygens (including phenoxy) is 2. The smallest absolute Gasteiger partial charge is 0.335 e. The lowest BCUT2D eigenvalue weighted by molar-refractivity contribution is -0.180. The molecule has 0 bridgehead atoms. The molecule has 3 unspecified atom stereocenters. The van der Waals surface area contributed by atoms with Gasteiger partial charge < -0.3 is 20.1 Å². The van der Waals surface area contributed by atoms with Gasteiger partial charge in [0.05, 0.1) is 35.4 Å². The number of sulfone groups is 1. The maximum Gasteiger partial charge on any atom is 0.335 e. The van der Waals surface area contributed by atoms with Crippen molar-refractivity contribution in [3.05, 3.63) is 24.3 Å². The molecule has 3 aliphatic heterocycles. The number of nitriles is 1. The monoisotopic (exact) mass is 533 g/mol. The van der Waals surface area contributed by atoms with Gasteiger partial charge in [-0.2, -0.15) is 5.26 Å². The lowest BCUT2D eigenvalue weighted by atomic mass is 9.83. The Morgan fingerprint density at radius 2 is 2.00 bits per heavy atom. The van der Waals surface area contributed by atoms with Crippen LogP contribution in [0, 0.1) is 17.2 Å². The largest absolute Gasteiger partial charge is 0.458 e. The fourth-order valence-corrected chi connectivity index (χ4v) is 5.95. The van der Waals surface area contributed by atoms with Crippen LogP contribution < -0.4 is 16.1 Å². The summed E-state index contributed by atoms with van der Waals surface area (Å²) in [5.41, 5.74) is 2.73. The van der Waals surface area contributed by atoms with Crippen molar-refractivity contribution >= 4 is 27.4 Å². The molecule has 3 saturated heterocycles. The van der Waals surface area contributed by atoms with Crippen LogP contribution in [-0.4, -0.2) is 74.2 Å². The van der Waals surface area contributed by atoms with Gasteiger partial charge in [0.2, 0.25) is 5.91 Å². The van der Waals surface area contributed by atoms with E-state index in [0.717, 1.165) is 6.26 Å². The normalized spacial score (nSPS) is 30.6. The third-order valence-electron chi connectivity index (χ3n) is 7.04. The Morgan fingerprint density at radius 1 is 1.30 bits per heavy atom. The first-order chi connectivity index (χ1) is 17.3. The SMILES string of the molecule is CC(C)(C)OC(=O)[C@@H]1CC[C@@](CC#N)(N2NC(Nc3ccc(S(C)(=O)=O)cc3)C3C(=O)NCCC32)CO1. The summed E-state index contributed by atoms with van der Waals surface area (Å²) in [5, 5.41) is 18.0. The molecule has 1 aromatic rings. The average Bonchev–Trinajstić information content (AvgIpc) is 3.18. The van der Waals surface area contributed by atoms with E-state index in [4.69, 9.17) is 9.47 Å². The molecule has 0 radical (unpaired) electrons. The summed E-state index contributed by atoms with van der Waals surface area (Å²) in [4.78, 5) is 25.8. The van der Waals surface area contributed by atoms with E-state index in [-0.39, 0.29) is 29.9 Å². The summed E-state index contributed by atoms with van der Waals surface area (Å²) in [6.07, 6.45) is 1.69. The van der Waals surface area contributed by atoms with Gasteiger partial charge in [-0.05, 0) is 64.3 Å². The van der Waals surface area contributed by atoms with Crippen LogP contribution in [-0.2, 0) is 28.9 Å². The van der Waals surface area contributed by atoms with Gasteiger partial charge >= 0.3 is 5.97 Å². The number of amides is 1. The van der Waals surface area contributed by atoms with Crippen molar-refractivity contribution in [3.63, 3.8) is 0 Å². The van der Waals surface area contributed by atoms with E-state index in [1.54, 1.807) is 32.9 Å². The highest BCUT2D eigenvalue weighted by molar-refractivity contribution is 7.90. The highest BCUT2D eigenvalue weighted by Crippen LogP contribution is 2.40. The van der Waals surface area contributed by atoms with E-state index in [0.29, 0.717) is 31.5 Å². The number of hydrogen-bond donors (Lipinski definition) is 3. The number of hydrogen-bond acceptors (Lipinski definition) is 10. The summed E-state index contributed by atoms with van der Waals surface area (Å²) in [5.74, 6) is -0.978. The molecule has 4 rings (SSSR count). The first kappa shape index (κ1) is 27.3. The molecule has 0 spiro atoms. The third kappa shape index (κ3) is 5.90. The van der Waals surface area contributed by atoms with E-state index >= 15 is 0 Å². The standard InChI is InChI=1S/C25H35N5O6S/c1-24(2,3)36-23(32)19-9-11-25(12-13-26,15-35-19)30-18-10-14-27-22(31)20(18)21(29-30)28-16-5-7-17(8-6-16)37(4,33)34/h5-8,18-21,28-29H,9-12,14-15H2,1-4H3,(H,27,31)/t18?,19-,20?,21?,25-/m0/s1. The zero-order chi connectivity index (χ0) is 27.0. The molecular weight excluding hydrogens is 498 g/mol. The van der Waals surface area contributed by atoms with E-state index in [1.165, 1.54) is 12.1 Å². The number of nitrogens with zero attached hydrogens (tertiary/aromatic N) is 2. The number of nitrogens with one attached hydrogen (secondary N) is 3. The highest BCUT2D eigenvalue weighted by Gasteiger charge is 2.56. The molecular formula is C25H35N5O6S. The zero-order valence-corrected chi connectivity index (χ0v) is 22.4. The molecule has 202 valence electrons. The number of fused-ring (bicyclic) bond motifs is 1. The first-order valence-electron chi connectivity index (χ1n) is 12.4. The molecule has 5 atom stereocenters. The first-order valence-corrected chi connectivity index (χ1v) is 14.3. The number of piperidine rings is 1. The highest BCUT2D eigenvalue weighted by atomic mass is 32.2. The van der Waals surface area contributed by atoms with Crippen LogP contribution >= 0.6 is 0 Å². The second-order valence-corrected chi connectivity index (χ2v) is 13.0. The van der Waals surface area contributed by atoms with Crippen molar-refractivity contribution in [2.24, 2.45) is 5.92 Å². The van der Waals surface area contributed by atoms with Gasteiger partial charge in [-0.25, -0.2) is 23.6 Å². The molecule has 0 aliphatic carbocycles. The minimum atomic E-state index is -3.33. The Kier molecular flexibility index (Phi) is 7.54. The van der Waals surface area contributed by atoms with Crippen LogP contribution in [0.25, 0.3) is 0 Å². The number of esters is 1. The van der Waals surface area contributed by atoms with Crippen molar-refractivity contribution in [2.75, 3.05) is 24.7 Å². The quantitative estimate of drug-likeness (QED) is 0.457. The topological polar surface area (TPSA) is 150 Å². The number of rotatable bonds is 6.